The van der Waals surface area contributed by atoms with E-state index < -0.39 is 5.79 Å². The molecule has 1 rings (SSSR count). The zero-order chi connectivity index (χ0) is 31.7. The lowest BCUT2D eigenvalue weighted by Gasteiger charge is -2.28. The molecule has 0 aromatic carbocycles. The second-order valence-electron chi connectivity index (χ2n) is 12.2. The van der Waals surface area contributed by atoms with Crippen LogP contribution in [-0.2, 0) is 9.47 Å². The first-order chi connectivity index (χ1) is 21.8. The van der Waals surface area contributed by atoms with Crippen LogP contribution in [0.25, 0.3) is 0 Å². The van der Waals surface area contributed by atoms with Gasteiger partial charge in [-0.1, -0.05) is 132 Å². The zero-order valence-electron chi connectivity index (χ0n) is 28.8. The molecule has 1 aliphatic rings. The van der Waals surface area contributed by atoms with Gasteiger partial charge in [-0.2, -0.15) is 0 Å². The third-order valence-corrected chi connectivity index (χ3v) is 8.12. The Balaban J connectivity index is 2.11. The molecule has 1 N–H and O–H groups in total. The second-order valence-corrected chi connectivity index (χ2v) is 12.2. The molecule has 3 heteroatoms. The number of hydrogen-bond donors (Lipinski definition) is 1. The molecular weight excluding hydrogens is 540 g/mol. The second kappa shape index (κ2) is 31.1. The number of hydrogen-bond acceptors (Lipinski definition) is 3. The van der Waals surface area contributed by atoms with E-state index in [1.54, 1.807) is 0 Å². The molecule has 0 bridgehead atoms. The summed E-state index contributed by atoms with van der Waals surface area (Å²) in [5.74, 6) is 6.18. The zero-order valence-corrected chi connectivity index (χ0v) is 28.8. The highest BCUT2D eigenvalue weighted by Gasteiger charge is 2.40. The number of allylic oxidation sites excluding steroid dienone is 10. The number of ether oxygens (including phenoxy) is 2. The molecule has 1 saturated heterocycles. The first kappa shape index (κ1) is 40.2. The van der Waals surface area contributed by atoms with Crippen molar-refractivity contribution in [2.24, 2.45) is 0 Å². The van der Waals surface area contributed by atoms with E-state index in [1.807, 2.05) is 0 Å². The molecule has 3 nitrogen and oxygen atoms in total. The van der Waals surface area contributed by atoms with Crippen molar-refractivity contribution in [2.45, 2.75) is 173 Å². The maximum Gasteiger partial charge on any atom is 0.168 e. The Kier molecular flexibility index (Phi) is 28.4. The molecule has 1 fully saturated rings. The summed E-state index contributed by atoms with van der Waals surface area (Å²) in [4.78, 5) is 0. The summed E-state index contributed by atoms with van der Waals surface area (Å²) in [6.45, 7) is 5.14. The van der Waals surface area contributed by atoms with Crippen LogP contribution in [0.4, 0.5) is 0 Å². The van der Waals surface area contributed by atoms with E-state index in [0.29, 0.717) is 13.0 Å². The third-order valence-electron chi connectivity index (χ3n) is 8.12. The van der Waals surface area contributed by atoms with Crippen LogP contribution in [0.15, 0.2) is 60.8 Å². The molecule has 2 atom stereocenters. The first-order valence-corrected chi connectivity index (χ1v) is 18.4. The average Bonchev–Trinajstić information content (AvgIpc) is 3.43. The predicted octanol–water partition coefficient (Wildman–Crippen LogP) is 11.9. The standard InChI is InChI=1S/C41H68O3/c1-3-5-7-9-11-13-15-17-19-21-23-25-27-29-31-33-36-41(43-39-40(44-41)35-38-42)37-34-32-30-28-26-24-22-20-18-16-14-12-10-8-6-4-2/h5-8,11-14,17,19,40,42H,3-4,9-10,15-16,21-39H2,1-2H3. The molecule has 0 aromatic rings. The van der Waals surface area contributed by atoms with Crippen LogP contribution in [0.3, 0.4) is 0 Å². The minimum Gasteiger partial charge on any atom is -0.396 e. The average molecular weight is 609 g/mol. The fourth-order valence-corrected chi connectivity index (χ4v) is 5.54. The van der Waals surface area contributed by atoms with Crippen LogP contribution < -0.4 is 0 Å². The summed E-state index contributed by atoms with van der Waals surface area (Å²) in [5.41, 5.74) is 0. The highest BCUT2D eigenvalue weighted by Crippen LogP contribution is 2.35. The lowest BCUT2D eigenvalue weighted by atomic mass is 9.98. The number of aliphatic hydroxyl groups excluding tert-OH is 1. The van der Waals surface area contributed by atoms with Gasteiger partial charge in [-0.25, -0.2) is 0 Å². The Hall–Kier alpha value is -1.86. The fourth-order valence-electron chi connectivity index (χ4n) is 5.54. The van der Waals surface area contributed by atoms with Crippen molar-refractivity contribution >= 4 is 0 Å². The molecule has 0 aliphatic carbocycles. The molecule has 1 aliphatic heterocycles. The Morgan fingerprint density at radius 2 is 1.14 bits per heavy atom. The van der Waals surface area contributed by atoms with Crippen LogP contribution in [0, 0.1) is 11.8 Å². The van der Waals surface area contributed by atoms with Gasteiger partial charge in [-0.15, -0.1) is 5.92 Å². The van der Waals surface area contributed by atoms with E-state index in [9.17, 15) is 5.11 Å². The van der Waals surface area contributed by atoms with Crippen molar-refractivity contribution in [3.63, 3.8) is 0 Å². The van der Waals surface area contributed by atoms with Crippen molar-refractivity contribution in [1.82, 2.24) is 0 Å². The lowest BCUT2D eigenvalue weighted by Crippen LogP contribution is -2.31. The third kappa shape index (κ3) is 24.5. The largest absolute Gasteiger partial charge is 0.396 e. The molecule has 0 aromatic heterocycles. The van der Waals surface area contributed by atoms with Crippen molar-refractivity contribution < 1.29 is 14.6 Å². The van der Waals surface area contributed by atoms with Crippen LogP contribution in [0.2, 0.25) is 0 Å². The highest BCUT2D eigenvalue weighted by molar-refractivity contribution is 5.05. The summed E-state index contributed by atoms with van der Waals surface area (Å²) in [5, 5.41) is 9.39. The normalized spacial score (nSPS) is 19.0. The van der Waals surface area contributed by atoms with Gasteiger partial charge in [-0.3, -0.25) is 0 Å². The number of aliphatic hydroxyl groups is 1. The van der Waals surface area contributed by atoms with Gasteiger partial charge in [0.2, 0.25) is 0 Å². The summed E-state index contributed by atoms with van der Waals surface area (Å²) >= 11 is 0. The fraction of sp³-hybridized carbons (Fsp3) is 0.707. The van der Waals surface area contributed by atoms with Gasteiger partial charge < -0.3 is 14.6 Å². The summed E-state index contributed by atoms with van der Waals surface area (Å²) in [7, 11) is 0. The lowest BCUT2D eigenvalue weighted by molar-refractivity contribution is -0.180. The number of unbranched alkanes of at least 4 members (excludes halogenated alkanes) is 12. The molecule has 2 unspecified atom stereocenters. The Bertz CT molecular complexity index is 840. The molecule has 44 heavy (non-hydrogen) atoms. The summed E-state index contributed by atoms with van der Waals surface area (Å²) < 4.78 is 12.7. The highest BCUT2D eigenvalue weighted by atomic mass is 16.7. The van der Waals surface area contributed by atoms with E-state index in [-0.39, 0.29) is 12.7 Å². The van der Waals surface area contributed by atoms with E-state index >= 15 is 0 Å². The molecule has 250 valence electrons. The van der Waals surface area contributed by atoms with Gasteiger partial charge in [-0.05, 0) is 70.6 Å². The van der Waals surface area contributed by atoms with Crippen molar-refractivity contribution in [3.8, 4) is 11.8 Å². The van der Waals surface area contributed by atoms with Gasteiger partial charge in [0.05, 0.1) is 12.7 Å². The maximum absolute atomic E-state index is 9.39. The molecular formula is C41H68O3. The Morgan fingerprint density at radius 3 is 1.75 bits per heavy atom. The first-order valence-electron chi connectivity index (χ1n) is 18.4. The minimum absolute atomic E-state index is 0.0518. The van der Waals surface area contributed by atoms with Crippen molar-refractivity contribution in [1.29, 1.82) is 0 Å². The molecule has 0 radical (unpaired) electrons. The topological polar surface area (TPSA) is 38.7 Å². The van der Waals surface area contributed by atoms with Crippen LogP contribution in [-0.4, -0.2) is 30.2 Å². The van der Waals surface area contributed by atoms with E-state index in [2.05, 4.69) is 86.4 Å². The van der Waals surface area contributed by atoms with Gasteiger partial charge >= 0.3 is 0 Å². The smallest absolute Gasteiger partial charge is 0.168 e. The van der Waals surface area contributed by atoms with Gasteiger partial charge in [0.25, 0.3) is 0 Å². The summed E-state index contributed by atoms with van der Waals surface area (Å²) in [6.07, 6.45) is 48.7. The van der Waals surface area contributed by atoms with Crippen molar-refractivity contribution in [3.05, 3.63) is 60.8 Å². The van der Waals surface area contributed by atoms with Crippen LogP contribution in [0.1, 0.15) is 162 Å². The molecule has 0 spiro atoms. The van der Waals surface area contributed by atoms with Crippen molar-refractivity contribution in [2.75, 3.05) is 13.2 Å². The maximum atomic E-state index is 9.39. The monoisotopic (exact) mass is 609 g/mol. The van der Waals surface area contributed by atoms with E-state index in [4.69, 9.17) is 9.47 Å². The predicted molar refractivity (Wildman–Crippen MR) is 192 cm³/mol. The summed E-state index contributed by atoms with van der Waals surface area (Å²) in [6, 6.07) is 0. The number of rotatable bonds is 28. The Labute approximate surface area is 273 Å². The minimum atomic E-state index is -0.415. The van der Waals surface area contributed by atoms with Gasteiger partial charge in [0, 0.05) is 32.3 Å². The van der Waals surface area contributed by atoms with E-state index in [0.717, 1.165) is 70.6 Å². The van der Waals surface area contributed by atoms with Crippen LogP contribution >= 0.6 is 0 Å². The van der Waals surface area contributed by atoms with Crippen LogP contribution in [0.5, 0.6) is 0 Å². The SMILES string of the molecule is CCC=CCC=CCC#CCCCCCCCCC1(CCCCCCCCC=CCC=CCC=CCC)OCC(CCO)O1. The van der Waals surface area contributed by atoms with E-state index in [1.165, 1.54) is 70.6 Å². The van der Waals surface area contributed by atoms with Gasteiger partial charge in [0.1, 0.15) is 0 Å². The van der Waals surface area contributed by atoms with Gasteiger partial charge in [0.15, 0.2) is 5.79 Å². The Morgan fingerprint density at radius 1 is 0.614 bits per heavy atom. The molecule has 0 saturated carbocycles. The molecule has 1 heterocycles. The quantitative estimate of drug-likeness (QED) is 0.0545. The molecule has 0 amide bonds.